The van der Waals surface area contributed by atoms with Crippen LogP contribution in [0.4, 0.5) is 0 Å². The molecule has 144 valence electrons. The Morgan fingerprint density at radius 2 is 1.89 bits per heavy atom. The van der Waals surface area contributed by atoms with Gasteiger partial charge >= 0.3 is 5.97 Å². The molecule has 3 rings (SSSR count). The fourth-order valence-corrected chi connectivity index (χ4v) is 3.88. The number of ketones is 1. The van der Waals surface area contributed by atoms with Gasteiger partial charge in [0.05, 0.1) is 6.61 Å². The molecule has 0 saturated carbocycles. The largest absolute Gasteiger partial charge is 0.463 e. The highest BCUT2D eigenvalue weighted by molar-refractivity contribution is 6.08. The van der Waals surface area contributed by atoms with Gasteiger partial charge in [-0.3, -0.25) is 14.6 Å². The predicted molar refractivity (Wildman–Crippen MR) is 104 cm³/mol. The number of hydrogen-bond acceptors (Lipinski definition) is 5. The summed E-state index contributed by atoms with van der Waals surface area (Å²) in [6.07, 6.45) is 2.12. The number of esters is 1. The van der Waals surface area contributed by atoms with Crippen LogP contribution in [0.1, 0.15) is 50.2 Å². The third-order valence-electron chi connectivity index (χ3n) is 5.20. The number of carbonyl (C=O) groups is 2. The summed E-state index contributed by atoms with van der Waals surface area (Å²) in [5, 5.41) is 0. The Labute approximate surface area is 160 Å². The number of aryl methyl sites for hydroxylation is 1. The van der Waals surface area contributed by atoms with Crippen LogP contribution in [0.15, 0.2) is 40.5 Å². The first-order valence-electron chi connectivity index (χ1n) is 9.65. The molecule has 0 aromatic heterocycles. The Kier molecular flexibility index (Phi) is 6.22. The highest BCUT2D eigenvalue weighted by atomic mass is 16.6. The van der Waals surface area contributed by atoms with E-state index in [2.05, 4.69) is 4.99 Å². The van der Waals surface area contributed by atoms with Gasteiger partial charge in [0.1, 0.15) is 12.5 Å². The molecule has 0 spiro atoms. The first-order valence-corrected chi connectivity index (χ1v) is 9.65. The molecule has 27 heavy (non-hydrogen) atoms. The third kappa shape index (κ3) is 4.19. The molecule has 1 aliphatic heterocycles. The molecule has 1 aliphatic carbocycles. The minimum atomic E-state index is -0.574. The second-order valence-electron chi connectivity index (χ2n) is 7.12. The second kappa shape index (κ2) is 8.61. The van der Waals surface area contributed by atoms with Gasteiger partial charge in [-0.05, 0) is 39.2 Å². The van der Waals surface area contributed by atoms with Gasteiger partial charge in [0.15, 0.2) is 5.78 Å². The fourth-order valence-electron chi connectivity index (χ4n) is 3.88. The van der Waals surface area contributed by atoms with Crippen molar-refractivity contribution in [2.75, 3.05) is 19.8 Å². The van der Waals surface area contributed by atoms with Crippen LogP contribution in [0.2, 0.25) is 0 Å². The van der Waals surface area contributed by atoms with E-state index < -0.39 is 5.92 Å². The molecule has 2 aliphatic rings. The number of benzene rings is 1. The van der Waals surface area contributed by atoms with Crippen LogP contribution in [0.25, 0.3) is 0 Å². The smallest absolute Gasteiger partial charge is 0.315 e. The molecule has 1 unspecified atom stereocenters. The van der Waals surface area contributed by atoms with Gasteiger partial charge < -0.3 is 9.47 Å². The molecule has 1 aromatic carbocycles. The standard InChI is InChI=1S/C22H27NO4/c1-4-26-12-13-27-22(25)19-15(3)23-17-6-5-7-18(24)21(17)20(19)16-10-8-14(2)9-11-16/h8-11,19-20H,4-7,12-13H2,1-3H3/t19?,20-/m1/s1. The molecule has 0 N–H and O–H groups in total. The molecular formula is C22H27NO4. The Morgan fingerprint density at radius 1 is 1.15 bits per heavy atom. The van der Waals surface area contributed by atoms with E-state index in [4.69, 9.17) is 9.47 Å². The lowest BCUT2D eigenvalue weighted by Crippen LogP contribution is -2.37. The van der Waals surface area contributed by atoms with E-state index in [9.17, 15) is 9.59 Å². The van der Waals surface area contributed by atoms with Crippen molar-refractivity contribution in [2.45, 2.75) is 46.0 Å². The number of hydrogen-bond donors (Lipinski definition) is 0. The molecule has 0 radical (unpaired) electrons. The molecule has 2 atom stereocenters. The van der Waals surface area contributed by atoms with Crippen molar-refractivity contribution in [3.63, 3.8) is 0 Å². The monoisotopic (exact) mass is 369 g/mol. The van der Waals surface area contributed by atoms with Crippen molar-refractivity contribution in [1.82, 2.24) is 0 Å². The molecule has 1 aromatic rings. The van der Waals surface area contributed by atoms with E-state index in [1.54, 1.807) is 0 Å². The molecule has 5 heteroatoms. The number of rotatable bonds is 6. The van der Waals surface area contributed by atoms with Gasteiger partial charge in [-0.1, -0.05) is 29.8 Å². The highest BCUT2D eigenvalue weighted by Crippen LogP contribution is 2.43. The van der Waals surface area contributed by atoms with Crippen LogP contribution >= 0.6 is 0 Å². The van der Waals surface area contributed by atoms with Crippen molar-refractivity contribution < 1.29 is 19.1 Å². The van der Waals surface area contributed by atoms with Gasteiger partial charge in [-0.25, -0.2) is 0 Å². The minimum Gasteiger partial charge on any atom is -0.463 e. The molecule has 0 amide bonds. The van der Waals surface area contributed by atoms with Crippen molar-refractivity contribution in [1.29, 1.82) is 0 Å². The zero-order valence-electron chi connectivity index (χ0n) is 16.3. The molecule has 1 heterocycles. The van der Waals surface area contributed by atoms with Gasteiger partial charge in [0.2, 0.25) is 0 Å². The summed E-state index contributed by atoms with van der Waals surface area (Å²) < 4.78 is 10.7. The van der Waals surface area contributed by atoms with Crippen molar-refractivity contribution in [3.05, 3.63) is 46.7 Å². The van der Waals surface area contributed by atoms with Crippen LogP contribution in [0.5, 0.6) is 0 Å². The fraction of sp³-hybridized carbons (Fsp3) is 0.500. The van der Waals surface area contributed by atoms with E-state index in [0.717, 1.165) is 35.4 Å². The number of carbonyl (C=O) groups excluding carboxylic acids is 2. The van der Waals surface area contributed by atoms with Gasteiger partial charge in [-0.2, -0.15) is 0 Å². The molecular weight excluding hydrogens is 342 g/mol. The maximum Gasteiger partial charge on any atom is 0.315 e. The molecule has 5 nitrogen and oxygen atoms in total. The Balaban J connectivity index is 1.96. The number of Topliss-reactive ketones (excluding diaryl/α,β-unsaturated/α-hetero) is 1. The second-order valence-corrected chi connectivity index (χ2v) is 7.12. The number of allylic oxidation sites excluding steroid dienone is 2. The van der Waals surface area contributed by atoms with Crippen molar-refractivity contribution >= 4 is 17.5 Å². The average Bonchev–Trinajstić information content (AvgIpc) is 2.65. The highest BCUT2D eigenvalue weighted by Gasteiger charge is 2.43. The lowest BCUT2D eigenvalue weighted by atomic mass is 9.71. The van der Waals surface area contributed by atoms with Crippen molar-refractivity contribution in [2.24, 2.45) is 10.9 Å². The normalized spacial score (nSPS) is 22.3. The van der Waals surface area contributed by atoms with Gasteiger partial charge in [-0.15, -0.1) is 0 Å². The number of nitrogens with zero attached hydrogens (tertiary/aromatic N) is 1. The van der Waals surface area contributed by atoms with Crippen LogP contribution in [0.3, 0.4) is 0 Å². The lowest BCUT2D eigenvalue weighted by Gasteiger charge is -2.34. The summed E-state index contributed by atoms with van der Waals surface area (Å²) in [5.74, 6) is -1.14. The van der Waals surface area contributed by atoms with Gasteiger partial charge in [0, 0.05) is 35.9 Å². The summed E-state index contributed by atoms with van der Waals surface area (Å²) in [6.45, 7) is 6.93. The SMILES string of the molecule is CCOCCOC(=O)C1C(C)=NC2=C(C(=O)CCC2)[C@@H]1c1ccc(C)cc1. The summed E-state index contributed by atoms with van der Waals surface area (Å²) in [5.41, 5.74) is 4.36. The van der Waals surface area contributed by atoms with E-state index in [0.29, 0.717) is 25.2 Å². The summed E-state index contributed by atoms with van der Waals surface area (Å²) in [4.78, 5) is 30.3. The molecule has 0 bridgehead atoms. The predicted octanol–water partition coefficient (Wildman–Crippen LogP) is 3.76. The van der Waals surface area contributed by atoms with Crippen LogP contribution < -0.4 is 0 Å². The van der Waals surface area contributed by atoms with Crippen LogP contribution in [-0.4, -0.2) is 37.3 Å². The Hall–Kier alpha value is -2.27. The summed E-state index contributed by atoms with van der Waals surface area (Å²) in [7, 11) is 0. The minimum absolute atomic E-state index is 0.102. The zero-order chi connectivity index (χ0) is 19.4. The van der Waals surface area contributed by atoms with E-state index in [1.165, 1.54) is 0 Å². The molecule has 0 fully saturated rings. The van der Waals surface area contributed by atoms with E-state index in [1.807, 2.05) is 45.0 Å². The van der Waals surface area contributed by atoms with Crippen LogP contribution in [-0.2, 0) is 19.1 Å². The Bertz CT molecular complexity index is 776. The number of aliphatic imine (C=N–C) groups is 1. The van der Waals surface area contributed by atoms with Gasteiger partial charge in [0.25, 0.3) is 0 Å². The zero-order valence-corrected chi connectivity index (χ0v) is 16.3. The maximum absolute atomic E-state index is 12.9. The van der Waals surface area contributed by atoms with E-state index in [-0.39, 0.29) is 24.3 Å². The Morgan fingerprint density at radius 3 is 2.59 bits per heavy atom. The first-order chi connectivity index (χ1) is 13.0. The summed E-state index contributed by atoms with van der Waals surface area (Å²) in [6, 6.07) is 8.04. The first kappa shape index (κ1) is 19.5. The number of ether oxygens (including phenoxy) is 2. The maximum atomic E-state index is 12.9. The van der Waals surface area contributed by atoms with Crippen molar-refractivity contribution in [3.8, 4) is 0 Å². The third-order valence-corrected chi connectivity index (χ3v) is 5.20. The average molecular weight is 369 g/mol. The lowest BCUT2D eigenvalue weighted by molar-refractivity contribution is -0.148. The summed E-state index contributed by atoms with van der Waals surface area (Å²) >= 11 is 0. The quantitative estimate of drug-likeness (QED) is 0.566. The van der Waals surface area contributed by atoms with Crippen LogP contribution in [0, 0.1) is 12.8 Å². The topological polar surface area (TPSA) is 65.0 Å². The molecule has 0 saturated heterocycles. The van der Waals surface area contributed by atoms with E-state index >= 15 is 0 Å².